The molecule has 0 aliphatic rings. The van der Waals surface area contributed by atoms with Gasteiger partial charge in [0.2, 0.25) is 0 Å². The zero-order valence-electron chi connectivity index (χ0n) is 10.6. The van der Waals surface area contributed by atoms with Crippen molar-refractivity contribution in [1.29, 1.82) is 0 Å². The van der Waals surface area contributed by atoms with E-state index in [1.807, 2.05) is 26.0 Å². The molecule has 0 fully saturated rings. The van der Waals surface area contributed by atoms with Gasteiger partial charge in [-0.1, -0.05) is 17.7 Å². The molecule has 0 spiro atoms. The van der Waals surface area contributed by atoms with Crippen molar-refractivity contribution in [3.8, 4) is 0 Å². The number of aryl methyl sites for hydroxylation is 2. The summed E-state index contributed by atoms with van der Waals surface area (Å²) in [5.41, 5.74) is 3.17. The molecule has 3 nitrogen and oxygen atoms in total. The van der Waals surface area contributed by atoms with E-state index in [-0.39, 0.29) is 18.3 Å². The van der Waals surface area contributed by atoms with Crippen LogP contribution in [0, 0.1) is 13.8 Å². The minimum Gasteiger partial charge on any atom is -0.320 e. The maximum Gasteiger partial charge on any atom is 0.257 e. The van der Waals surface area contributed by atoms with Gasteiger partial charge in [-0.2, -0.15) is 0 Å². The molecule has 0 unspecified atom stereocenters. The van der Waals surface area contributed by atoms with Gasteiger partial charge in [-0.05, 0) is 43.2 Å². The summed E-state index contributed by atoms with van der Waals surface area (Å²) in [6.45, 7) is 3.88. The number of pyridine rings is 1. The van der Waals surface area contributed by atoms with Gasteiger partial charge in [0.25, 0.3) is 5.91 Å². The molecule has 1 heterocycles. The number of nitrogens with zero attached hydrogens (tertiary/aromatic N) is 1. The van der Waals surface area contributed by atoms with E-state index in [0.717, 1.165) is 11.1 Å². The maximum atomic E-state index is 12.0. The van der Waals surface area contributed by atoms with Crippen LogP contribution in [-0.2, 0) is 0 Å². The number of benzene rings is 1. The van der Waals surface area contributed by atoms with Crippen LogP contribution in [0.1, 0.15) is 21.5 Å². The van der Waals surface area contributed by atoms with E-state index in [9.17, 15) is 4.79 Å². The Morgan fingerprint density at radius 1 is 1.32 bits per heavy atom. The fourth-order valence-electron chi connectivity index (χ4n) is 1.76. The zero-order chi connectivity index (χ0) is 13.1. The van der Waals surface area contributed by atoms with Crippen LogP contribution in [0.3, 0.4) is 0 Å². The van der Waals surface area contributed by atoms with Crippen molar-refractivity contribution in [2.24, 2.45) is 0 Å². The van der Waals surface area contributed by atoms with Crippen molar-refractivity contribution in [1.82, 2.24) is 4.98 Å². The van der Waals surface area contributed by atoms with Crippen LogP contribution in [0.2, 0.25) is 5.02 Å². The number of hydrogen-bond acceptors (Lipinski definition) is 2. The normalized spacial score (nSPS) is 9.63. The molecule has 5 heteroatoms. The first kappa shape index (κ1) is 15.5. The molecule has 1 aromatic heterocycles. The number of aromatic nitrogens is 1. The number of carbonyl (C=O) groups is 1. The zero-order valence-corrected chi connectivity index (χ0v) is 12.2. The Kier molecular flexibility index (Phi) is 5.33. The lowest BCUT2D eigenvalue weighted by Gasteiger charge is -2.11. The van der Waals surface area contributed by atoms with Crippen LogP contribution in [0.4, 0.5) is 5.69 Å². The largest absolute Gasteiger partial charge is 0.320 e. The highest BCUT2D eigenvalue weighted by atomic mass is 35.5. The van der Waals surface area contributed by atoms with Crippen LogP contribution < -0.4 is 5.32 Å². The van der Waals surface area contributed by atoms with Crippen LogP contribution >= 0.6 is 24.0 Å². The monoisotopic (exact) mass is 296 g/mol. The number of hydrogen-bond donors (Lipinski definition) is 1. The first-order valence-electron chi connectivity index (χ1n) is 5.56. The average Bonchev–Trinajstić information content (AvgIpc) is 2.34. The highest BCUT2D eigenvalue weighted by Crippen LogP contribution is 2.27. The fraction of sp³-hybridized carbons (Fsp3) is 0.143. The highest BCUT2D eigenvalue weighted by Gasteiger charge is 2.11. The van der Waals surface area contributed by atoms with E-state index in [0.29, 0.717) is 16.3 Å². The molecular formula is C14H14Cl2N2O. The van der Waals surface area contributed by atoms with Gasteiger partial charge in [-0.15, -0.1) is 12.4 Å². The Bertz CT molecular complexity index is 562. The second-order valence-corrected chi connectivity index (χ2v) is 4.54. The molecule has 0 aliphatic heterocycles. The topological polar surface area (TPSA) is 42.0 Å². The first-order valence-corrected chi connectivity index (χ1v) is 5.94. The Morgan fingerprint density at radius 3 is 2.63 bits per heavy atom. The summed E-state index contributed by atoms with van der Waals surface area (Å²) < 4.78 is 0. The third-order valence-electron chi connectivity index (χ3n) is 2.59. The van der Waals surface area contributed by atoms with Crippen molar-refractivity contribution in [2.45, 2.75) is 13.8 Å². The summed E-state index contributed by atoms with van der Waals surface area (Å²) in [6.07, 6.45) is 3.15. The molecule has 0 radical (unpaired) electrons. The molecule has 1 aromatic carbocycles. The minimum absolute atomic E-state index is 0. The molecule has 0 bridgehead atoms. The molecule has 0 saturated carbocycles. The molecule has 2 rings (SSSR count). The lowest BCUT2D eigenvalue weighted by molar-refractivity contribution is 0.102. The number of amides is 1. The smallest absolute Gasteiger partial charge is 0.257 e. The predicted octanol–water partition coefficient (Wildman–Crippen LogP) is 4.03. The Morgan fingerprint density at radius 2 is 2.05 bits per heavy atom. The number of carbonyl (C=O) groups excluding carboxylic acids is 1. The van der Waals surface area contributed by atoms with Gasteiger partial charge in [-0.25, -0.2) is 0 Å². The second-order valence-electron chi connectivity index (χ2n) is 4.13. The number of rotatable bonds is 2. The van der Waals surface area contributed by atoms with Gasteiger partial charge in [-0.3, -0.25) is 9.78 Å². The third kappa shape index (κ3) is 3.69. The van der Waals surface area contributed by atoms with Crippen molar-refractivity contribution < 1.29 is 4.79 Å². The SMILES string of the molecule is Cc1cc(C)c(NC(=O)c2cccnc2)c(Cl)c1.Cl. The summed E-state index contributed by atoms with van der Waals surface area (Å²) in [5.74, 6) is -0.211. The van der Waals surface area contributed by atoms with E-state index in [4.69, 9.17) is 11.6 Å². The summed E-state index contributed by atoms with van der Waals surface area (Å²) in [5, 5.41) is 3.36. The molecule has 1 amide bonds. The second kappa shape index (κ2) is 6.55. The third-order valence-corrected chi connectivity index (χ3v) is 2.89. The minimum atomic E-state index is -0.211. The number of halogens is 2. The highest BCUT2D eigenvalue weighted by molar-refractivity contribution is 6.34. The summed E-state index contributed by atoms with van der Waals surface area (Å²) in [4.78, 5) is 15.9. The number of anilines is 1. The predicted molar refractivity (Wildman–Crippen MR) is 80.4 cm³/mol. The van der Waals surface area contributed by atoms with E-state index < -0.39 is 0 Å². The summed E-state index contributed by atoms with van der Waals surface area (Å²) in [7, 11) is 0. The van der Waals surface area contributed by atoms with Crippen LogP contribution in [0.25, 0.3) is 0 Å². The van der Waals surface area contributed by atoms with E-state index in [1.54, 1.807) is 18.3 Å². The molecular weight excluding hydrogens is 283 g/mol. The Balaban J connectivity index is 0.00000180. The van der Waals surface area contributed by atoms with Gasteiger partial charge in [0.05, 0.1) is 16.3 Å². The number of nitrogens with one attached hydrogen (secondary N) is 1. The summed E-state index contributed by atoms with van der Waals surface area (Å²) in [6, 6.07) is 7.23. The van der Waals surface area contributed by atoms with E-state index >= 15 is 0 Å². The Labute approximate surface area is 123 Å². The molecule has 19 heavy (non-hydrogen) atoms. The van der Waals surface area contributed by atoms with Gasteiger partial charge < -0.3 is 5.32 Å². The lowest BCUT2D eigenvalue weighted by atomic mass is 10.1. The molecule has 0 saturated heterocycles. The van der Waals surface area contributed by atoms with Crippen molar-refractivity contribution in [3.63, 3.8) is 0 Å². The molecule has 2 aromatic rings. The van der Waals surface area contributed by atoms with Crippen LogP contribution in [-0.4, -0.2) is 10.9 Å². The first-order chi connectivity index (χ1) is 8.58. The van der Waals surface area contributed by atoms with Crippen LogP contribution in [0.15, 0.2) is 36.7 Å². The maximum absolute atomic E-state index is 12.0. The van der Waals surface area contributed by atoms with Gasteiger partial charge in [0, 0.05) is 12.4 Å². The molecule has 1 N–H and O–H groups in total. The van der Waals surface area contributed by atoms with Gasteiger partial charge in [0.15, 0.2) is 0 Å². The van der Waals surface area contributed by atoms with Gasteiger partial charge >= 0.3 is 0 Å². The van der Waals surface area contributed by atoms with Crippen molar-refractivity contribution >= 4 is 35.6 Å². The van der Waals surface area contributed by atoms with Gasteiger partial charge in [0.1, 0.15) is 0 Å². The van der Waals surface area contributed by atoms with Crippen LogP contribution in [0.5, 0.6) is 0 Å². The van der Waals surface area contributed by atoms with Crippen molar-refractivity contribution in [2.75, 3.05) is 5.32 Å². The van der Waals surface area contributed by atoms with E-state index in [1.165, 1.54) is 6.20 Å². The standard InChI is InChI=1S/C14H13ClN2O.ClH/c1-9-6-10(2)13(12(15)7-9)17-14(18)11-4-3-5-16-8-11;/h3-8H,1-2H3,(H,17,18);1H. The Hall–Kier alpha value is -1.58. The van der Waals surface area contributed by atoms with Crippen molar-refractivity contribution in [3.05, 3.63) is 58.4 Å². The lowest BCUT2D eigenvalue weighted by Crippen LogP contribution is -2.13. The molecule has 0 aliphatic carbocycles. The molecule has 100 valence electrons. The quantitative estimate of drug-likeness (QED) is 0.909. The average molecular weight is 297 g/mol. The fourth-order valence-corrected chi connectivity index (χ4v) is 2.13. The van der Waals surface area contributed by atoms with E-state index in [2.05, 4.69) is 10.3 Å². The molecule has 0 atom stereocenters. The summed E-state index contributed by atoms with van der Waals surface area (Å²) >= 11 is 6.14.